The average Bonchev–Trinajstić information content (AvgIpc) is 3.35. The van der Waals surface area contributed by atoms with Crippen molar-refractivity contribution in [2.45, 2.75) is 26.2 Å². The fourth-order valence-corrected chi connectivity index (χ4v) is 2.78. The monoisotopic (exact) mass is 337 g/mol. The number of methoxy groups -OCH3 is 2. The van der Waals surface area contributed by atoms with E-state index in [2.05, 4.69) is 6.92 Å². The fourth-order valence-electron chi connectivity index (χ4n) is 2.48. The Morgan fingerprint density at radius 2 is 2.09 bits per heavy atom. The van der Waals surface area contributed by atoms with Crippen LogP contribution < -0.4 is 9.47 Å². The number of hydrogen-bond donors (Lipinski definition) is 0. The van der Waals surface area contributed by atoms with Gasteiger partial charge in [0.25, 0.3) is 0 Å². The zero-order valence-electron chi connectivity index (χ0n) is 14.0. The Hall–Kier alpha value is -1.68. The highest BCUT2D eigenvalue weighted by atomic mass is 35.5. The molecule has 5 heteroatoms. The van der Waals surface area contributed by atoms with E-state index >= 15 is 0 Å². The summed E-state index contributed by atoms with van der Waals surface area (Å²) in [5, 5.41) is 0.461. The van der Waals surface area contributed by atoms with Gasteiger partial charge in [0.05, 0.1) is 19.2 Å². The quantitative estimate of drug-likeness (QED) is 0.672. The molecule has 126 valence electrons. The fraction of sp³-hybridized carbons (Fsp3) is 0.500. The standard InChI is InChI=1S/C18H24ClNO3/c1-4-9-20(12-13-5-6-13)17(21)8-7-14-10-15(19)18(23-3)16(11-14)22-2/h7-8,10-11,13H,4-6,9,12H2,1-3H3. The molecule has 0 N–H and O–H groups in total. The summed E-state index contributed by atoms with van der Waals surface area (Å²) in [4.78, 5) is 14.3. The maximum absolute atomic E-state index is 12.4. The van der Waals surface area contributed by atoms with E-state index in [0.29, 0.717) is 22.4 Å². The van der Waals surface area contributed by atoms with Crippen LogP contribution in [-0.2, 0) is 4.79 Å². The molecule has 1 aromatic carbocycles. The normalized spacial score (nSPS) is 14.1. The highest BCUT2D eigenvalue weighted by Crippen LogP contribution is 2.36. The number of ether oxygens (including phenoxy) is 2. The molecule has 1 saturated carbocycles. The van der Waals surface area contributed by atoms with Gasteiger partial charge in [-0.05, 0) is 49.0 Å². The molecule has 1 amide bonds. The van der Waals surface area contributed by atoms with E-state index in [1.807, 2.05) is 4.90 Å². The molecule has 4 nitrogen and oxygen atoms in total. The number of carbonyl (C=O) groups is 1. The van der Waals surface area contributed by atoms with Crippen LogP contribution in [0, 0.1) is 5.92 Å². The van der Waals surface area contributed by atoms with Gasteiger partial charge in [0.15, 0.2) is 11.5 Å². The number of carbonyl (C=O) groups excluding carboxylic acids is 1. The second kappa shape index (κ2) is 8.25. The molecule has 1 aromatic rings. The van der Waals surface area contributed by atoms with E-state index in [0.717, 1.165) is 25.1 Å². The minimum atomic E-state index is 0.0460. The van der Waals surface area contributed by atoms with E-state index in [4.69, 9.17) is 21.1 Å². The van der Waals surface area contributed by atoms with Crippen molar-refractivity contribution in [3.63, 3.8) is 0 Å². The summed E-state index contributed by atoms with van der Waals surface area (Å²) in [5.41, 5.74) is 0.809. The lowest BCUT2D eigenvalue weighted by Crippen LogP contribution is -2.32. The van der Waals surface area contributed by atoms with Crippen LogP contribution in [-0.4, -0.2) is 38.1 Å². The lowest BCUT2D eigenvalue weighted by Gasteiger charge is -2.20. The Morgan fingerprint density at radius 1 is 1.35 bits per heavy atom. The molecule has 0 aromatic heterocycles. The summed E-state index contributed by atoms with van der Waals surface area (Å²) >= 11 is 6.18. The summed E-state index contributed by atoms with van der Waals surface area (Å²) in [5.74, 6) is 1.79. The molecular formula is C18H24ClNO3. The first kappa shape index (κ1) is 17.7. The number of rotatable bonds is 8. The third-order valence-corrected chi connectivity index (χ3v) is 4.14. The zero-order valence-corrected chi connectivity index (χ0v) is 14.7. The Morgan fingerprint density at radius 3 is 2.65 bits per heavy atom. The zero-order chi connectivity index (χ0) is 16.8. The number of benzene rings is 1. The van der Waals surface area contributed by atoms with Crippen LogP contribution in [0.3, 0.4) is 0 Å². The minimum absolute atomic E-state index is 0.0460. The maximum atomic E-state index is 12.4. The molecule has 0 heterocycles. The Kier molecular flexibility index (Phi) is 6.34. The van der Waals surface area contributed by atoms with Crippen molar-refractivity contribution in [3.05, 3.63) is 28.8 Å². The predicted octanol–water partition coefficient (Wildman–Crippen LogP) is 4.02. The van der Waals surface area contributed by atoms with Crippen LogP contribution in [0.2, 0.25) is 5.02 Å². The van der Waals surface area contributed by atoms with Crippen molar-refractivity contribution >= 4 is 23.6 Å². The Bertz CT molecular complexity index is 582. The average molecular weight is 338 g/mol. The van der Waals surface area contributed by atoms with Gasteiger partial charge in [0, 0.05) is 19.2 Å². The van der Waals surface area contributed by atoms with E-state index in [1.54, 1.807) is 38.5 Å². The van der Waals surface area contributed by atoms with Crippen LogP contribution in [0.5, 0.6) is 11.5 Å². The van der Waals surface area contributed by atoms with Gasteiger partial charge in [-0.2, -0.15) is 0 Å². The van der Waals surface area contributed by atoms with Gasteiger partial charge >= 0.3 is 0 Å². The highest BCUT2D eigenvalue weighted by Gasteiger charge is 2.25. The molecule has 1 aliphatic carbocycles. The Labute approximate surface area is 143 Å². The number of hydrogen-bond acceptors (Lipinski definition) is 3. The van der Waals surface area contributed by atoms with E-state index in [1.165, 1.54) is 12.8 Å². The molecule has 1 aliphatic rings. The second-order valence-electron chi connectivity index (χ2n) is 5.80. The van der Waals surface area contributed by atoms with Gasteiger partial charge in [0.1, 0.15) is 0 Å². The van der Waals surface area contributed by atoms with Crippen molar-refractivity contribution in [2.75, 3.05) is 27.3 Å². The molecule has 23 heavy (non-hydrogen) atoms. The second-order valence-corrected chi connectivity index (χ2v) is 6.21. The summed E-state index contributed by atoms with van der Waals surface area (Å²) in [6.07, 6.45) is 6.82. The molecule has 1 fully saturated rings. The minimum Gasteiger partial charge on any atom is -0.493 e. The molecule has 0 spiro atoms. The van der Waals surface area contributed by atoms with Crippen LogP contribution in [0.15, 0.2) is 18.2 Å². The van der Waals surface area contributed by atoms with Crippen molar-refractivity contribution < 1.29 is 14.3 Å². The SMILES string of the molecule is CCCN(CC1CC1)C(=O)C=Cc1cc(Cl)c(OC)c(OC)c1. The highest BCUT2D eigenvalue weighted by molar-refractivity contribution is 6.32. The lowest BCUT2D eigenvalue weighted by atomic mass is 10.1. The molecular weight excluding hydrogens is 314 g/mol. The van der Waals surface area contributed by atoms with Crippen molar-refractivity contribution in [2.24, 2.45) is 5.92 Å². The first-order chi connectivity index (χ1) is 11.1. The largest absolute Gasteiger partial charge is 0.493 e. The van der Waals surface area contributed by atoms with Crippen molar-refractivity contribution in [1.82, 2.24) is 4.90 Å². The molecule has 0 saturated heterocycles. The molecule has 0 bridgehead atoms. The van der Waals surface area contributed by atoms with E-state index in [-0.39, 0.29) is 5.91 Å². The number of amides is 1. The van der Waals surface area contributed by atoms with Gasteiger partial charge < -0.3 is 14.4 Å². The Balaban J connectivity index is 2.11. The van der Waals surface area contributed by atoms with Gasteiger partial charge in [-0.15, -0.1) is 0 Å². The summed E-state index contributed by atoms with van der Waals surface area (Å²) in [6.45, 7) is 3.75. The van der Waals surface area contributed by atoms with E-state index in [9.17, 15) is 4.79 Å². The molecule has 0 radical (unpaired) electrons. The van der Waals surface area contributed by atoms with Gasteiger partial charge in [-0.3, -0.25) is 4.79 Å². The third kappa shape index (κ3) is 4.90. The topological polar surface area (TPSA) is 38.8 Å². The summed E-state index contributed by atoms with van der Waals surface area (Å²) in [7, 11) is 3.11. The van der Waals surface area contributed by atoms with Crippen LogP contribution in [0.4, 0.5) is 0 Å². The molecule has 0 atom stereocenters. The number of halogens is 1. The maximum Gasteiger partial charge on any atom is 0.246 e. The lowest BCUT2D eigenvalue weighted by molar-refractivity contribution is -0.126. The van der Waals surface area contributed by atoms with Crippen LogP contribution >= 0.6 is 11.6 Å². The molecule has 2 rings (SSSR count). The van der Waals surface area contributed by atoms with Gasteiger partial charge in [0.2, 0.25) is 5.91 Å². The number of nitrogens with zero attached hydrogens (tertiary/aromatic N) is 1. The molecule has 0 aliphatic heterocycles. The van der Waals surface area contributed by atoms with Crippen molar-refractivity contribution in [1.29, 1.82) is 0 Å². The van der Waals surface area contributed by atoms with Crippen molar-refractivity contribution in [3.8, 4) is 11.5 Å². The first-order valence-corrected chi connectivity index (χ1v) is 8.35. The molecule has 0 unspecified atom stereocenters. The van der Waals surface area contributed by atoms with E-state index < -0.39 is 0 Å². The van der Waals surface area contributed by atoms with Gasteiger partial charge in [-0.1, -0.05) is 18.5 Å². The third-order valence-electron chi connectivity index (χ3n) is 3.85. The van der Waals surface area contributed by atoms with Crippen LogP contribution in [0.1, 0.15) is 31.7 Å². The summed E-state index contributed by atoms with van der Waals surface area (Å²) < 4.78 is 10.5. The predicted molar refractivity (Wildman–Crippen MR) is 93.2 cm³/mol. The van der Waals surface area contributed by atoms with Crippen LogP contribution in [0.25, 0.3) is 6.08 Å². The first-order valence-electron chi connectivity index (χ1n) is 7.97. The smallest absolute Gasteiger partial charge is 0.246 e. The van der Waals surface area contributed by atoms with Gasteiger partial charge in [-0.25, -0.2) is 0 Å². The summed E-state index contributed by atoms with van der Waals surface area (Å²) in [6, 6.07) is 3.57.